The number of hydrogen-bond donors (Lipinski definition) is 3. The monoisotopic (exact) mass is 272 g/mol. The third kappa shape index (κ3) is 2.73. The normalized spacial score (nSPS) is 25.3. The van der Waals surface area contributed by atoms with Gasteiger partial charge in [-0.05, 0) is 32.7 Å². The van der Waals surface area contributed by atoms with E-state index in [9.17, 15) is 8.42 Å². The number of nitrogens with zero attached hydrogens (tertiary/aromatic N) is 1. The quantitative estimate of drug-likeness (QED) is 0.739. The largest absolute Gasteiger partial charge is 0.315 e. The molecule has 2 atom stereocenters. The van der Waals surface area contributed by atoms with Gasteiger partial charge in [0.25, 0.3) is 0 Å². The molecule has 2 unspecified atom stereocenters. The maximum atomic E-state index is 12.3. The number of aryl methyl sites for hydroxylation is 2. The highest BCUT2D eigenvalue weighted by atomic mass is 32.2. The Kier molecular flexibility index (Phi) is 3.74. The third-order valence-corrected chi connectivity index (χ3v) is 5.00. The van der Waals surface area contributed by atoms with Crippen molar-refractivity contribution in [3.63, 3.8) is 0 Å². The fourth-order valence-corrected chi connectivity index (χ4v) is 4.08. The average molecular weight is 272 g/mol. The molecule has 3 N–H and O–H groups in total. The zero-order valence-corrected chi connectivity index (χ0v) is 11.8. The Balaban J connectivity index is 2.17. The summed E-state index contributed by atoms with van der Waals surface area (Å²) < 4.78 is 27.4. The van der Waals surface area contributed by atoms with Crippen molar-refractivity contribution in [3.8, 4) is 0 Å². The van der Waals surface area contributed by atoms with Crippen LogP contribution in [0.3, 0.4) is 0 Å². The van der Waals surface area contributed by atoms with E-state index >= 15 is 0 Å². The van der Waals surface area contributed by atoms with E-state index in [2.05, 4.69) is 27.2 Å². The van der Waals surface area contributed by atoms with E-state index in [4.69, 9.17) is 0 Å². The fraction of sp³-hybridized carbons (Fsp3) is 0.727. The second-order valence-electron chi connectivity index (χ2n) is 5.08. The first-order chi connectivity index (χ1) is 8.40. The summed E-state index contributed by atoms with van der Waals surface area (Å²) in [6, 6.07) is -0.0487. The minimum absolute atomic E-state index is 0.0487. The molecule has 1 aliphatic rings. The first-order valence-electron chi connectivity index (χ1n) is 6.14. The predicted octanol–water partition coefficient (Wildman–Crippen LogP) is 0.303. The molecule has 2 heterocycles. The van der Waals surface area contributed by atoms with Crippen LogP contribution in [0.5, 0.6) is 0 Å². The van der Waals surface area contributed by atoms with Crippen LogP contribution < -0.4 is 10.0 Å². The van der Waals surface area contributed by atoms with E-state index in [1.807, 2.05) is 0 Å². The highest BCUT2D eigenvalue weighted by Gasteiger charge is 2.27. The smallest absolute Gasteiger partial charge is 0.244 e. The van der Waals surface area contributed by atoms with Crippen LogP contribution in [0.4, 0.5) is 0 Å². The molecule has 6 nitrogen and oxygen atoms in total. The minimum Gasteiger partial charge on any atom is -0.315 e. The van der Waals surface area contributed by atoms with Crippen molar-refractivity contribution in [3.05, 3.63) is 11.4 Å². The van der Waals surface area contributed by atoms with E-state index in [1.165, 1.54) is 0 Å². The van der Waals surface area contributed by atoms with Crippen molar-refractivity contribution in [2.24, 2.45) is 5.92 Å². The van der Waals surface area contributed by atoms with E-state index < -0.39 is 10.0 Å². The van der Waals surface area contributed by atoms with Crippen molar-refractivity contribution in [2.75, 3.05) is 13.1 Å². The van der Waals surface area contributed by atoms with Gasteiger partial charge in [0.15, 0.2) is 0 Å². The first kappa shape index (κ1) is 13.5. The molecule has 18 heavy (non-hydrogen) atoms. The van der Waals surface area contributed by atoms with Gasteiger partial charge in [0.1, 0.15) is 4.90 Å². The Morgan fingerprint density at radius 2 is 2.06 bits per heavy atom. The first-order valence-corrected chi connectivity index (χ1v) is 7.63. The number of H-pyrrole nitrogens is 1. The molecular formula is C11H20N4O2S. The van der Waals surface area contributed by atoms with Crippen LogP contribution in [0.2, 0.25) is 0 Å². The molecule has 0 amide bonds. The van der Waals surface area contributed by atoms with Crippen molar-refractivity contribution in [1.82, 2.24) is 20.2 Å². The van der Waals surface area contributed by atoms with Gasteiger partial charge in [-0.1, -0.05) is 6.92 Å². The van der Waals surface area contributed by atoms with Gasteiger partial charge in [0.05, 0.1) is 11.4 Å². The fourth-order valence-electron chi connectivity index (χ4n) is 2.46. The lowest BCUT2D eigenvalue weighted by atomic mass is 9.99. The number of aromatic nitrogens is 2. The minimum atomic E-state index is -3.49. The number of nitrogens with one attached hydrogen (secondary N) is 3. The second kappa shape index (κ2) is 4.99. The van der Waals surface area contributed by atoms with Gasteiger partial charge in [-0.3, -0.25) is 5.10 Å². The molecule has 102 valence electrons. The summed E-state index contributed by atoms with van der Waals surface area (Å²) in [6.45, 7) is 7.15. The number of sulfonamides is 1. The maximum Gasteiger partial charge on any atom is 0.244 e. The molecule has 0 radical (unpaired) electrons. The van der Waals surface area contributed by atoms with Gasteiger partial charge in [-0.25, -0.2) is 13.1 Å². The van der Waals surface area contributed by atoms with E-state index in [0.717, 1.165) is 13.0 Å². The molecule has 1 aromatic heterocycles. The highest BCUT2D eigenvalue weighted by molar-refractivity contribution is 7.89. The topological polar surface area (TPSA) is 86.9 Å². The SMILES string of the molecule is Cc1n[nH]c(C)c1S(=O)(=O)NC1CNCC(C)C1. The van der Waals surface area contributed by atoms with Crippen LogP contribution in [0.15, 0.2) is 4.90 Å². The Bertz CT molecular complexity index is 504. The summed E-state index contributed by atoms with van der Waals surface area (Å²) >= 11 is 0. The standard InChI is InChI=1S/C11H20N4O2S/c1-7-4-10(6-12-5-7)15-18(16,17)11-8(2)13-14-9(11)3/h7,10,12,15H,4-6H2,1-3H3,(H,13,14). The Morgan fingerprint density at radius 3 is 2.61 bits per heavy atom. The van der Waals surface area contributed by atoms with Gasteiger partial charge in [0.2, 0.25) is 10.0 Å². The Morgan fingerprint density at radius 1 is 1.33 bits per heavy atom. The van der Waals surface area contributed by atoms with Crippen molar-refractivity contribution < 1.29 is 8.42 Å². The van der Waals surface area contributed by atoms with E-state index in [1.54, 1.807) is 13.8 Å². The molecule has 2 rings (SSSR count). The molecule has 0 saturated carbocycles. The molecule has 0 aliphatic carbocycles. The van der Waals surface area contributed by atoms with Crippen molar-refractivity contribution in [2.45, 2.75) is 38.1 Å². The van der Waals surface area contributed by atoms with Crippen LogP contribution in [-0.2, 0) is 10.0 Å². The Labute approximate surface area is 108 Å². The summed E-state index contributed by atoms with van der Waals surface area (Å²) in [5.74, 6) is 0.484. The predicted molar refractivity (Wildman–Crippen MR) is 68.8 cm³/mol. The van der Waals surface area contributed by atoms with Gasteiger partial charge in [-0.2, -0.15) is 5.10 Å². The van der Waals surface area contributed by atoms with Gasteiger partial charge < -0.3 is 5.32 Å². The molecule has 1 fully saturated rings. The number of piperidine rings is 1. The zero-order valence-electron chi connectivity index (χ0n) is 10.9. The van der Waals surface area contributed by atoms with Crippen molar-refractivity contribution >= 4 is 10.0 Å². The van der Waals surface area contributed by atoms with E-state index in [0.29, 0.717) is 23.9 Å². The summed E-state index contributed by atoms with van der Waals surface area (Å²) in [5.41, 5.74) is 1.09. The second-order valence-corrected chi connectivity index (χ2v) is 6.73. The lowest BCUT2D eigenvalue weighted by molar-refractivity contribution is 0.346. The van der Waals surface area contributed by atoms with Crippen LogP contribution in [0.1, 0.15) is 24.7 Å². The van der Waals surface area contributed by atoms with E-state index in [-0.39, 0.29) is 10.9 Å². The molecule has 7 heteroatoms. The zero-order chi connectivity index (χ0) is 13.3. The average Bonchev–Trinajstić information content (AvgIpc) is 2.58. The van der Waals surface area contributed by atoms with Gasteiger partial charge >= 0.3 is 0 Å². The summed E-state index contributed by atoms with van der Waals surface area (Å²) in [4.78, 5) is 0.278. The molecule has 0 spiro atoms. The lowest BCUT2D eigenvalue weighted by Gasteiger charge is -2.28. The summed E-state index contributed by atoms with van der Waals surface area (Å²) in [7, 11) is -3.49. The molecule has 0 aromatic carbocycles. The number of rotatable bonds is 3. The van der Waals surface area contributed by atoms with Crippen LogP contribution >= 0.6 is 0 Å². The maximum absolute atomic E-state index is 12.3. The van der Waals surface area contributed by atoms with Gasteiger partial charge in [-0.15, -0.1) is 0 Å². The molecule has 1 aliphatic heterocycles. The third-order valence-electron chi connectivity index (χ3n) is 3.22. The number of hydrogen-bond acceptors (Lipinski definition) is 4. The lowest BCUT2D eigenvalue weighted by Crippen LogP contribution is -2.48. The van der Waals surface area contributed by atoms with Gasteiger partial charge in [0, 0.05) is 12.6 Å². The number of aromatic amines is 1. The molecule has 1 saturated heterocycles. The molecule has 0 bridgehead atoms. The molecular weight excluding hydrogens is 252 g/mol. The molecule has 1 aromatic rings. The summed E-state index contributed by atoms with van der Waals surface area (Å²) in [5, 5.41) is 9.87. The highest BCUT2D eigenvalue weighted by Crippen LogP contribution is 2.18. The van der Waals surface area contributed by atoms with Crippen molar-refractivity contribution in [1.29, 1.82) is 0 Å². The van der Waals surface area contributed by atoms with Crippen LogP contribution in [0.25, 0.3) is 0 Å². The van der Waals surface area contributed by atoms with Crippen LogP contribution in [0, 0.1) is 19.8 Å². The van der Waals surface area contributed by atoms with Crippen LogP contribution in [-0.4, -0.2) is 37.7 Å². The Hall–Kier alpha value is -0.920. The summed E-state index contributed by atoms with van der Waals surface area (Å²) in [6.07, 6.45) is 0.863.